The van der Waals surface area contributed by atoms with E-state index in [4.69, 9.17) is 0 Å². The maximum Gasteiger partial charge on any atom is 0.237 e. The Hall–Kier alpha value is -1.96. The maximum absolute atomic E-state index is 12.3. The largest absolute Gasteiger partial charge is 0.353 e. The molecule has 0 bridgehead atoms. The van der Waals surface area contributed by atoms with E-state index in [1.807, 2.05) is 6.92 Å². The lowest BCUT2D eigenvalue weighted by atomic mass is 9.88. The first kappa shape index (κ1) is 17.8. The summed E-state index contributed by atoms with van der Waals surface area (Å²) in [7, 11) is 0. The number of carbonyl (C=O) groups is 2. The van der Waals surface area contributed by atoms with E-state index < -0.39 is 0 Å². The lowest BCUT2D eigenvalue weighted by Crippen LogP contribution is -2.57. The Labute approximate surface area is 148 Å². The Morgan fingerprint density at radius 3 is 2.84 bits per heavy atom. The third-order valence-electron chi connectivity index (χ3n) is 5.13. The van der Waals surface area contributed by atoms with Crippen molar-refractivity contribution in [3.8, 4) is 0 Å². The van der Waals surface area contributed by atoms with Crippen LogP contribution in [0, 0.1) is 12.8 Å². The molecule has 2 amide bonds. The average molecular weight is 348 g/mol. The number of H-pyrrole nitrogens is 1. The van der Waals surface area contributed by atoms with Gasteiger partial charge in [0.05, 0.1) is 19.0 Å². The van der Waals surface area contributed by atoms with Crippen LogP contribution in [0.5, 0.6) is 0 Å². The van der Waals surface area contributed by atoms with Crippen molar-refractivity contribution in [2.75, 3.05) is 19.6 Å². The standard InChI is InChI=1S/C17H28N6O2/c1-12-20-15(22-21-12)10-19-16(24)9-14-17(25)18-7-8-23(14)11-13-5-3-2-4-6-13/h13-14H,2-11H2,1H3,(H,18,25)(H,19,24)(H,20,21,22)/t14-/m1/s1. The van der Waals surface area contributed by atoms with Crippen molar-refractivity contribution in [3.63, 3.8) is 0 Å². The van der Waals surface area contributed by atoms with Crippen molar-refractivity contribution in [1.29, 1.82) is 0 Å². The van der Waals surface area contributed by atoms with Crippen LogP contribution in [0.4, 0.5) is 0 Å². The smallest absolute Gasteiger partial charge is 0.237 e. The van der Waals surface area contributed by atoms with Crippen LogP contribution in [0.2, 0.25) is 0 Å². The topological polar surface area (TPSA) is 103 Å². The molecule has 0 spiro atoms. The number of rotatable bonds is 6. The predicted octanol–water partition coefficient (Wildman–Crippen LogP) is 0.500. The Bertz CT molecular complexity index is 596. The third-order valence-corrected chi connectivity index (χ3v) is 5.13. The highest BCUT2D eigenvalue weighted by Gasteiger charge is 2.33. The van der Waals surface area contributed by atoms with E-state index in [1.165, 1.54) is 32.1 Å². The summed E-state index contributed by atoms with van der Waals surface area (Å²) < 4.78 is 0. The van der Waals surface area contributed by atoms with Gasteiger partial charge >= 0.3 is 0 Å². The lowest BCUT2D eigenvalue weighted by Gasteiger charge is -2.37. The first-order valence-electron chi connectivity index (χ1n) is 9.28. The molecule has 0 aromatic carbocycles. The molecule has 1 aromatic heterocycles. The van der Waals surface area contributed by atoms with Gasteiger partial charge in [-0.15, -0.1) is 0 Å². The van der Waals surface area contributed by atoms with E-state index in [9.17, 15) is 9.59 Å². The molecule has 1 aliphatic carbocycles. The highest BCUT2D eigenvalue weighted by molar-refractivity contribution is 5.88. The molecule has 2 aliphatic rings. The van der Waals surface area contributed by atoms with Crippen LogP contribution < -0.4 is 10.6 Å². The van der Waals surface area contributed by atoms with Gasteiger partial charge in [0.25, 0.3) is 0 Å². The molecule has 3 N–H and O–H groups in total. The number of nitrogens with zero attached hydrogens (tertiary/aromatic N) is 3. The Morgan fingerprint density at radius 1 is 1.32 bits per heavy atom. The number of nitrogens with one attached hydrogen (secondary N) is 3. The molecule has 1 saturated carbocycles. The second kappa shape index (κ2) is 8.42. The molecule has 2 fully saturated rings. The maximum atomic E-state index is 12.3. The summed E-state index contributed by atoms with van der Waals surface area (Å²) in [5, 5.41) is 12.5. The van der Waals surface area contributed by atoms with Crippen molar-refractivity contribution in [1.82, 2.24) is 30.7 Å². The number of hydrogen-bond acceptors (Lipinski definition) is 5. The van der Waals surface area contributed by atoms with Crippen LogP contribution >= 0.6 is 0 Å². The quantitative estimate of drug-likeness (QED) is 0.695. The van der Waals surface area contributed by atoms with Crippen molar-refractivity contribution in [2.45, 2.75) is 58.0 Å². The van der Waals surface area contributed by atoms with Crippen LogP contribution in [-0.4, -0.2) is 57.6 Å². The van der Waals surface area contributed by atoms with E-state index in [0.717, 1.165) is 18.9 Å². The van der Waals surface area contributed by atoms with Gasteiger partial charge in [-0.05, 0) is 25.7 Å². The summed E-state index contributed by atoms with van der Waals surface area (Å²) in [6, 6.07) is -0.371. The molecule has 8 nitrogen and oxygen atoms in total. The number of aromatic nitrogens is 3. The predicted molar refractivity (Wildman–Crippen MR) is 92.5 cm³/mol. The highest BCUT2D eigenvalue weighted by atomic mass is 16.2. The molecule has 1 saturated heterocycles. The minimum absolute atomic E-state index is 0.0362. The molecule has 1 aliphatic heterocycles. The second-order valence-electron chi connectivity index (χ2n) is 7.12. The number of aromatic amines is 1. The van der Waals surface area contributed by atoms with Gasteiger partial charge in [-0.1, -0.05) is 19.3 Å². The zero-order valence-corrected chi connectivity index (χ0v) is 14.9. The van der Waals surface area contributed by atoms with E-state index >= 15 is 0 Å². The zero-order valence-electron chi connectivity index (χ0n) is 14.9. The van der Waals surface area contributed by atoms with Crippen LogP contribution in [0.1, 0.15) is 50.2 Å². The number of aryl methyl sites for hydroxylation is 1. The van der Waals surface area contributed by atoms with Gasteiger partial charge in [0.2, 0.25) is 11.8 Å². The molecule has 25 heavy (non-hydrogen) atoms. The van der Waals surface area contributed by atoms with Crippen molar-refractivity contribution < 1.29 is 9.59 Å². The fraction of sp³-hybridized carbons (Fsp3) is 0.765. The van der Waals surface area contributed by atoms with Gasteiger partial charge in [-0.25, -0.2) is 4.98 Å². The van der Waals surface area contributed by atoms with Crippen molar-refractivity contribution >= 4 is 11.8 Å². The summed E-state index contributed by atoms with van der Waals surface area (Å²) in [5.41, 5.74) is 0. The number of piperazine rings is 1. The first-order valence-corrected chi connectivity index (χ1v) is 9.28. The molecule has 8 heteroatoms. The molecule has 3 rings (SSSR count). The average Bonchev–Trinajstić information content (AvgIpc) is 3.02. The summed E-state index contributed by atoms with van der Waals surface area (Å²) in [6.07, 6.45) is 6.55. The van der Waals surface area contributed by atoms with Gasteiger partial charge in [0, 0.05) is 19.6 Å². The SMILES string of the molecule is Cc1nc(CNC(=O)C[C@@H]2C(=O)NCCN2CC2CCCCC2)n[nH]1. The number of hydrogen-bond donors (Lipinski definition) is 3. The molecule has 0 unspecified atom stereocenters. The minimum atomic E-state index is -0.371. The van der Waals surface area contributed by atoms with Gasteiger partial charge in [-0.2, -0.15) is 5.10 Å². The third kappa shape index (κ3) is 5.01. The normalized spacial score (nSPS) is 22.6. The monoisotopic (exact) mass is 348 g/mol. The van der Waals surface area contributed by atoms with Crippen molar-refractivity contribution in [3.05, 3.63) is 11.6 Å². The van der Waals surface area contributed by atoms with Crippen LogP contribution in [-0.2, 0) is 16.1 Å². The molecule has 0 radical (unpaired) electrons. The fourth-order valence-corrected chi connectivity index (χ4v) is 3.80. The molecule has 1 atom stereocenters. The molecule has 2 heterocycles. The molecular formula is C17H28N6O2. The van der Waals surface area contributed by atoms with Crippen LogP contribution in [0.25, 0.3) is 0 Å². The number of carbonyl (C=O) groups excluding carboxylic acids is 2. The van der Waals surface area contributed by atoms with Crippen LogP contribution in [0.15, 0.2) is 0 Å². The lowest BCUT2D eigenvalue weighted by molar-refractivity contribution is -0.134. The minimum Gasteiger partial charge on any atom is -0.353 e. The fourth-order valence-electron chi connectivity index (χ4n) is 3.80. The van der Waals surface area contributed by atoms with Gasteiger partial charge in [0.1, 0.15) is 5.82 Å². The first-order chi connectivity index (χ1) is 12.1. The van der Waals surface area contributed by atoms with Gasteiger partial charge in [0.15, 0.2) is 5.82 Å². The summed E-state index contributed by atoms with van der Waals surface area (Å²) >= 11 is 0. The van der Waals surface area contributed by atoms with E-state index in [-0.39, 0.29) is 30.8 Å². The zero-order chi connectivity index (χ0) is 17.6. The summed E-state index contributed by atoms with van der Waals surface area (Å²) in [5.74, 6) is 1.75. The molecule has 1 aromatic rings. The summed E-state index contributed by atoms with van der Waals surface area (Å²) in [6.45, 7) is 4.50. The summed E-state index contributed by atoms with van der Waals surface area (Å²) in [4.78, 5) is 31.0. The van der Waals surface area contributed by atoms with Crippen LogP contribution in [0.3, 0.4) is 0 Å². The number of amides is 2. The van der Waals surface area contributed by atoms with E-state index in [1.54, 1.807) is 0 Å². The van der Waals surface area contributed by atoms with E-state index in [0.29, 0.717) is 18.3 Å². The van der Waals surface area contributed by atoms with Crippen molar-refractivity contribution in [2.24, 2.45) is 5.92 Å². The highest BCUT2D eigenvalue weighted by Crippen LogP contribution is 2.25. The Kier molecular flexibility index (Phi) is 6.01. The molecular weight excluding hydrogens is 320 g/mol. The Balaban J connectivity index is 1.52. The van der Waals surface area contributed by atoms with Gasteiger partial charge in [-0.3, -0.25) is 19.6 Å². The van der Waals surface area contributed by atoms with E-state index in [2.05, 4.69) is 30.7 Å². The Morgan fingerprint density at radius 2 is 2.12 bits per heavy atom. The molecule has 138 valence electrons. The van der Waals surface area contributed by atoms with Gasteiger partial charge < -0.3 is 10.6 Å². The second-order valence-corrected chi connectivity index (χ2v) is 7.12.